The number of nitrogens with zero attached hydrogens (tertiary/aromatic N) is 3. The topological polar surface area (TPSA) is 50.2 Å². The predicted octanol–water partition coefficient (Wildman–Crippen LogP) is 3.70. The first kappa shape index (κ1) is 19.4. The van der Waals surface area contributed by atoms with Gasteiger partial charge in [0.15, 0.2) is 0 Å². The highest BCUT2D eigenvalue weighted by Gasteiger charge is 2.19. The third-order valence-corrected chi connectivity index (χ3v) is 5.34. The molecule has 2 heterocycles. The average Bonchev–Trinajstić information content (AvgIpc) is 3.35. The van der Waals surface area contributed by atoms with E-state index in [0.29, 0.717) is 12.3 Å². The molecule has 0 spiro atoms. The lowest BCUT2D eigenvalue weighted by Gasteiger charge is -2.15. The molecule has 1 aliphatic rings. The summed E-state index contributed by atoms with van der Waals surface area (Å²) in [7, 11) is 0. The standard InChI is InChI=1S/C24H28N4O/c29-23-13-7-15-27(23)16-8-14-25-17-22-19-28(18-20-9-3-1-4-10-20)26-24(22)21-11-5-2-6-12-21/h1-6,9-12,19,25H,7-8,13-18H2. The van der Waals surface area contributed by atoms with E-state index in [4.69, 9.17) is 5.10 Å². The minimum atomic E-state index is 0.304. The van der Waals surface area contributed by atoms with Crippen LogP contribution in [0, 0.1) is 0 Å². The Morgan fingerprint density at radius 2 is 1.76 bits per heavy atom. The smallest absolute Gasteiger partial charge is 0.222 e. The summed E-state index contributed by atoms with van der Waals surface area (Å²) in [6.07, 6.45) is 4.85. The second-order valence-electron chi connectivity index (χ2n) is 7.57. The van der Waals surface area contributed by atoms with Crippen molar-refractivity contribution in [3.05, 3.63) is 78.0 Å². The Labute approximate surface area is 172 Å². The maximum atomic E-state index is 11.7. The molecule has 0 radical (unpaired) electrons. The first-order valence-electron chi connectivity index (χ1n) is 10.4. The molecule has 0 aliphatic carbocycles. The van der Waals surface area contributed by atoms with E-state index in [1.165, 1.54) is 11.1 Å². The number of amides is 1. The number of hydrogen-bond donors (Lipinski definition) is 1. The van der Waals surface area contributed by atoms with E-state index in [-0.39, 0.29) is 0 Å². The largest absolute Gasteiger partial charge is 0.343 e. The lowest BCUT2D eigenvalue weighted by atomic mass is 10.1. The quantitative estimate of drug-likeness (QED) is 0.569. The van der Waals surface area contributed by atoms with Gasteiger partial charge in [-0.2, -0.15) is 5.10 Å². The fraction of sp³-hybridized carbons (Fsp3) is 0.333. The summed E-state index contributed by atoms with van der Waals surface area (Å²) in [6.45, 7) is 4.19. The zero-order valence-electron chi connectivity index (χ0n) is 16.8. The number of carbonyl (C=O) groups excluding carboxylic acids is 1. The number of rotatable bonds is 9. The molecule has 29 heavy (non-hydrogen) atoms. The highest BCUT2D eigenvalue weighted by molar-refractivity contribution is 5.78. The van der Waals surface area contributed by atoms with Crippen molar-refractivity contribution in [1.29, 1.82) is 0 Å². The van der Waals surface area contributed by atoms with Crippen LogP contribution < -0.4 is 5.32 Å². The van der Waals surface area contributed by atoms with Gasteiger partial charge in [-0.05, 0) is 24.9 Å². The van der Waals surface area contributed by atoms with Gasteiger partial charge in [0, 0.05) is 43.4 Å². The molecule has 2 aromatic carbocycles. The van der Waals surface area contributed by atoms with Crippen LogP contribution in [0.2, 0.25) is 0 Å². The molecule has 4 rings (SSSR count). The van der Waals surface area contributed by atoms with E-state index in [9.17, 15) is 4.79 Å². The average molecular weight is 389 g/mol. The zero-order valence-corrected chi connectivity index (χ0v) is 16.8. The van der Waals surface area contributed by atoms with Crippen LogP contribution in [-0.4, -0.2) is 40.2 Å². The molecule has 1 saturated heterocycles. The molecule has 1 amide bonds. The van der Waals surface area contributed by atoms with Gasteiger partial charge in [-0.25, -0.2) is 0 Å². The van der Waals surface area contributed by atoms with E-state index >= 15 is 0 Å². The van der Waals surface area contributed by atoms with E-state index in [1.807, 2.05) is 21.7 Å². The van der Waals surface area contributed by atoms with Gasteiger partial charge >= 0.3 is 0 Å². The third-order valence-electron chi connectivity index (χ3n) is 5.34. The van der Waals surface area contributed by atoms with Gasteiger partial charge in [0.25, 0.3) is 0 Å². The SMILES string of the molecule is O=C1CCCN1CCCNCc1cn(Cc2ccccc2)nc1-c1ccccc1. The third kappa shape index (κ3) is 5.12. The van der Waals surface area contributed by atoms with Gasteiger partial charge in [-0.3, -0.25) is 9.48 Å². The molecular weight excluding hydrogens is 360 g/mol. The monoisotopic (exact) mass is 388 g/mol. The first-order valence-corrected chi connectivity index (χ1v) is 10.4. The maximum absolute atomic E-state index is 11.7. The number of aromatic nitrogens is 2. The Balaban J connectivity index is 1.39. The van der Waals surface area contributed by atoms with Crippen molar-refractivity contribution in [2.45, 2.75) is 32.4 Å². The fourth-order valence-corrected chi connectivity index (χ4v) is 3.84. The molecule has 0 unspecified atom stereocenters. The van der Waals surface area contributed by atoms with Crippen LogP contribution in [0.3, 0.4) is 0 Å². The molecule has 150 valence electrons. The summed E-state index contributed by atoms with van der Waals surface area (Å²) in [5.74, 6) is 0.304. The van der Waals surface area contributed by atoms with Gasteiger partial charge in [0.05, 0.1) is 12.2 Å². The number of hydrogen-bond acceptors (Lipinski definition) is 3. The number of carbonyl (C=O) groups is 1. The Morgan fingerprint density at radius 3 is 2.48 bits per heavy atom. The molecule has 0 atom stereocenters. The summed E-state index contributed by atoms with van der Waals surface area (Å²) in [5.41, 5.74) is 4.61. The minimum Gasteiger partial charge on any atom is -0.343 e. The zero-order chi connectivity index (χ0) is 19.9. The first-order chi connectivity index (χ1) is 14.3. The second kappa shape index (κ2) is 9.52. The normalized spacial score (nSPS) is 13.9. The lowest BCUT2D eigenvalue weighted by Crippen LogP contribution is -2.28. The number of nitrogens with one attached hydrogen (secondary N) is 1. The Bertz CT molecular complexity index is 921. The van der Waals surface area contributed by atoms with Crippen LogP contribution in [0.5, 0.6) is 0 Å². The molecule has 1 aliphatic heterocycles. The Hall–Kier alpha value is -2.92. The second-order valence-corrected chi connectivity index (χ2v) is 7.57. The minimum absolute atomic E-state index is 0.304. The summed E-state index contributed by atoms with van der Waals surface area (Å²) in [4.78, 5) is 13.7. The molecule has 1 aromatic heterocycles. The van der Waals surface area contributed by atoms with Crippen molar-refractivity contribution < 1.29 is 4.79 Å². The van der Waals surface area contributed by atoms with Crippen molar-refractivity contribution in [2.75, 3.05) is 19.6 Å². The van der Waals surface area contributed by atoms with Crippen LogP contribution in [0.1, 0.15) is 30.4 Å². The van der Waals surface area contributed by atoms with E-state index < -0.39 is 0 Å². The molecule has 1 fully saturated rings. The summed E-state index contributed by atoms with van der Waals surface area (Å²) < 4.78 is 2.03. The van der Waals surface area contributed by atoms with Gasteiger partial charge < -0.3 is 10.2 Å². The van der Waals surface area contributed by atoms with Gasteiger partial charge in [0.1, 0.15) is 0 Å². The van der Waals surface area contributed by atoms with Crippen molar-refractivity contribution in [2.24, 2.45) is 0 Å². The van der Waals surface area contributed by atoms with Gasteiger partial charge in [-0.15, -0.1) is 0 Å². The Morgan fingerprint density at radius 1 is 1.00 bits per heavy atom. The summed E-state index contributed by atoms with van der Waals surface area (Å²) in [5, 5.41) is 8.41. The Kier molecular flexibility index (Phi) is 6.37. The van der Waals surface area contributed by atoms with Crippen molar-refractivity contribution in [1.82, 2.24) is 20.0 Å². The fourth-order valence-electron chi connectivity index (χ4n) is 3.84. The van der Waals surface area contributed by atoms with E-state index in [1.54, 1.807) is 0 Å². The van der Waals surface area contributed by atoms with E-state index in [2.05, 4.69) is 60.0 Å². The highest BCUT2D eigenvalue weighted by Crippen LogP contribution is 2.22. The molecule has 1 N–H and O–H groups in total. The van der Waals surface area contributed by atoms with Crippen LogP contribution in [0.25, 0.3) is 11.3 Å². The maximum Gasteiger partial charge on any atom is 0.222 e. The van der Waals surface area contributed by atoms with Gasteiger partial charge in [-0.1, -0.05) is 60.7 Å². The highest BCUT2D eigenvalue weighted by atomic mass is 16.2. The van der Waals surface area contributed by atoms with Crippen LogP contribution in [0.15, 0.2) is 66.9 Å². The predicted molar refractivity (Wildman–Crippen MR) is 115 cm³/mol. The molecule has 5 nitrogen and oxygen atoms in total. The molecular formula is C24H28N4O. The van der Waals surface area contributed by atoms with Crippen LogP contribution in [0.4, 0.5) is 0 Å². The number of likely N-dealkylation sites (tertiary alicyclic amines) is 1. The molecule has 0 saturated carbocycles. The summed E-state index contributed by atoms with van der Waals surface area (Å²) in [6, 6.07) is 20.8. The molecule has 0 bridgehead atoms. The van der Waals surface area contributed by atoms with Crippen molar-refractivity contribution in [3.63, 3.8) is 0 Å². The van der Waals surface area contributed by atoms with Gasteiger partial charge in [0.2, 0.25) is 5.91 Å². The number of benzene rings is 2. The van der Waals surface area contributed by atoms with Crippen LogP contribution >= 0.6 is 0 Å². The summed E-state index contributed by atoms with van der Waals surface area (Å²) >= 11 is 0. The van der Waals surface area contributed by atoms with E-state index in [0.717, 1.165) is 56.8 Å². The van der Waals surface area contributed by atoms with Crippen molar-refractivity contribution >= 4 is 5.91 Å². The van der Waals surface area contributed by atoms with Crippen LogP contribution in [-0.2, 0) is 17.9 Å². The lowest BCUT2D eigenvalue weighted by molar-refractivity contribution is -0.127. The molecule has 5 heteroatoms. The van der Waals surface area contributed by atoms with Crippen molar-refractivity contribution in [3.8, 4) is 11.3 Å². The molecule has 3 aromatic rings.